The van der Waals surface area contributed by atoms with Gasteiger partial charge in [0.1, 0.15) is 11.3 Å². The van der Waals surface area contributed by atoms with Gasteiger partial charge < -0.3 is 19.9 Å². The molecule has 6 heteroatoms. The number of aromatic hydroxyl groups is 1. The minimum absolute atomic E-state index is 0.0435. The van der Waals surface area contributed by atoms with Gasteiger partial charge in [0.05, 0.1) is 20.3 Å². The van der Waals surface area contributed by atoms with E-state index in [0.717, 1.165) is 10.9 Å². The monoisotopic (exact) mass is 380 g/mol. The van der Waals surface area contributed by atoms with Crippen LogP contribution >= 0.6 is 0 Å². The first-order valence-electron chi connectivity index (χ1n) is 9.05. The van der Waals surface area contributed by atoms with Crippen molar-refractivity contribution in [3.05, 3.63) is 59.8 Å². The van der Waals surface area contributed by atoms with Crippen LogP contribution in [0.25, 0.3) is 10.9 Å². The second kappa shape index (κ2) is 8.17. The average Bonchev–Trinajstić information content (AvgIpc) is 2.72. The van der Waals surface area contributed by atoms with Gasteiger partial charge in [-0.3, -0.25) is 9.78 Å². The molecule has 0 unspecified atom stereocenters. The Morgan fingerprint density at radius 2 is 1.82 bits per heavy atom. The van der Waals surface area contributed by atoms with Gasteiger partial charge in [0.15, 0.2) is 11.5 Å². The zero-order valence-corrected chi connectivity index (χ0v) is 16.4. The molecule has 2 aromatic carbocycles. The van der Waals surface area contributed by atoms with Crippen LogP contribution < -0.4 is 14.8 Å². The molecule has 0 saturated heterocycles. The fraction of sp³-hybridized carbons (Fsp3) is 0.273. The maximum absolute atomic E-state index is 12.5. The van der Waals surface area contributed by atoms with E-state index in [1.807, 2.05) is 38.1 Å². The number of carbonyl (C=O) groups is 1. The Labute approximate surface area is 164 Å². The number of carbonyl (C=O) groups excluding carboxylic acids is 1. The third-order valence-electron chi connectivity index (χ3n) is 4.64. The Balaban J connectivity index is 2.15. The Kier molecular flexibility index (Phi) is 5.68. The first-order valence-corrected chi connectivity index (χ1v) is 9.05. The minimum atomic E-state index is -0.568. The molecule has 0 spiro atoms. The molecule has 6 nitrogen and oxygen atoms in total. The number of phenols is 1. The first-order chi connectivity index (χ1) is 13.5. The summed E-state index contributed by atoms with van der Waals surface area (Å²) in [6, 6.07) is 12.2. The molecule has 0 aliphatic carbocycles. The molecule has 1 aromatic heterocycles. The molecule has 0 radical (unpaired) electrons. The maximum atomic E-state index is 12.5. The number of methoxy groups -OCH3 is 2. The summed E-state index contributed by atoms with van der Waals surface area (Å²) >= 11 is 0. The van der Waals surface area contributed by atoms with E-state index in [9.17, 15) is 9.90 Å². The van der Waals surface area contributed by atoms with E-state index in [1.165, 1.54) is 0 Å². The second-order valence-electron chi connectivity index (χ2n) is 6.79. The van der Waals surface area contributed by atoms with E-state index in [0.29, 0.717) is 22.6 Å². The molecule has 1 heterocycles. The minimum Gasteiger partial charge on any atom is -0.505 e. The molecular formula is C22H24N2O4. The highest BCUT2D eigenvalue weighted by atomic mass is 16.5. The Hall–Kier alpha value is -3.28. The number of amides is 1. The van der Waals surface area contributed by atoms with Crippen molar-refractivity contribution in [2.24, 2.45) is 5.92 Å². The lowest BCUT2D eigenvalue weighted by Gasteiger charge is -2.23. The third kappa shape index (κ3) is 3.71. The van der Waals surface area contributed by atoms with Crippen LogP contribution in [-0.2, 0) is 4.79 Å². The van der Waals surface area contributed by atoms with Gasteiger partial charge in [0.2, 0.25) is 5.91 Å². The fourth-order valence-electron chi connectivity index (χ4n) is 3.06. The van der Waals surface area contributed by atoms with Gasteiger partial charge in [0.25, 0.3) is 0 Å². The number of ether oxygens (including phenoxy) is 2. The van der Waals surface area contributed by atoms with Crippen molar-refractivity contribution < 1.29 is 19.4 Å². The van der Waals surface area contributed by atoms with Crippen molar-refractivity contribution in [3.8, 4) is 17.2 Å². The molecule has 28 heavy (non-hydrogen) atoms. The third-order valence-corrected chi connectivity index (χ3v) is 4.64. The van der Waals surface area contributed by atoms with E-state index in [4.69, 9.17) is 9.47 Å². The summed E-state index contributed by atoms with van der Waals surface area (Å²) in [6.07, 6.45) is 1.63. The highest BCUT2D eigenvalue weighted by Gasteiger charge is 2.24. The van der Waals surface area contributed by atoms with E-state index in [1.54, 1.807) is 38.6 Å². The highest BCUT2D eigenvalue weighted by Crippen LogP contribution is 2.37. The van der Waals surface area contributed by atoms with Crippen LogP contribution in [0, 0.1) is 5.92 Å². The Morgan fingerprint density at radius 1 is 1.07 bits per heavy atom. The van der Waals surface area contributed by atoms with E-state index in [-0.39, 0.29) is 17.6 Å². The number of nitrogens with one attached hydrogen (secondary N) is 1. The van der Waals surface area contributed by atoms with Gasteiger partial charge in [-0.05, 0) is 23.8 Å². The maximum Gasteiger partial charge on any atom is 0.223 e. The van der Waals surface area contributed by atoms with Crippen molar-refractivity contribution in [3.63, 3.8) is 0 Å². The van der Waals surface area contributed by atoms with Crippen molar-refractivity contribution in [2.45, 2.75) is 19.9 Å². The lowest BCUT2D eigenvalue weighted by atomic mass is 9.95. The molecule has 0 saturated carbocycles. The molecule has 3 rings (SSSR count). The van der Waals surface area contributed by atoms with E-state index in [2.05, 4.69) is 10.3 Å². The van der Waals surface area contributed by atoms with Gasteiger partial charge in [-0.15, -0.1) is 0 Å². The highest BCUT2D eigenvalue weighted by molar-refractivity contribution is 5.86. The van der Waals surface area contributed by atoms with Gasteiger partial charge in [-0.25, -0.2) is 0 Å². The van der Waals surface area contributed by atoms with E-state index < -0.39 is 6.04 Å². The van der Waals surface area contributed by atoms with Crippen LogP contribution in [0.4, 0.5) is 0 Å². The first kappa shape index (κ1) is 19.5. The molecule has 1 amide bonds. The molecule has 3 aromatic rings. The van der Waals surface area contributed by atoms with Crippen LogP contribution in [0.2, 0.25) is 0 Å². The van der Waals surface area contributed by atoms with Crippen LogP contribution in [0.3, 0.4) is 0 Å². The SMILES string of the molecule is COc1ccc([C@@H](NC(=O)C(C)C)c2ccc3cccnc3c2O)cc1OC. The van der Waals surface area contributed by atoms with Crippen molar-refractivity contribution in [2.75, 3.05) is 14.2 Å². The van der Waals surface area contributed by atoms with Gasteiger partial charge >= 0.3 is 0 Å². The Bertz CT molecular complexity index is 1000. The molecule has 1 atom stereocenters. The number of phenolic OH excluding ortho intramolecular Hbond substituents is 1. The Morgan fingerprint density at radius 3 is 2.50 bits per heavy atom. The lowest BCUT2D eigenvalue weighted by Crippen LogP contribution is -2.32. The molecule has 0 aliphatic heterocycles. The van der Waals surface area contributed by atoms with Crippen LogP contribution in [0.1, 0.15) is 31.0 Å². The zero-order valence-electron chi connectivity index (χ0n) is 16.4. The van der Waals surface area contributed by atoms with Gasteiger partial charge in [-0.2, -0.15) is 0 Å². The second-order valence-corrected chi connectivity index (χ2v) is 6.79. The number of pyridine rings is 1. The van der Waals surface area contributed by atoms with Crippen LogP contribution in [0.15, 0.2) is 48.7 Å². The molecule has 0 fully saturated rings. The van der Waals surface area contributed by atoms with Crippen LogP contribution in [-0.4, -0.2) is 30.2 Å². The summed E-state index contributed by atoms with van der Waals surface area (Å²) in [5.41, 5.74) is 1.81. The molecular weight excluding hydrogens is 356 g/mol. The van der Waals surface area contributed by atoms with Gasteiger partial charge in [-0.1, -0.05) is 38.1 Å². The lowest BCUT2D eigenvalue weighted by molar-refractivity contribution is -0.124. The van der Waals surface area contributed by atoms with Crippen molar-refractivity contribution in [1.29, 1.82) is 0 Å². The van der Waals surface area contributed by atoms with E-state index >= 15 is 0 Å². The summed E-state index contributed by atoms with van der Waals surface area (Å²) < 4.78 is 10.7. The zero-order chi connectivity index (χ0) is 20.3. The number of hydrogen-bond donors (Lipinski definition) is 2. The largest absolute Gasteiger partial charge is 0.505 e. The van der Waals surface area contributed by atoms with Crippen LogP contribution in [0.5, 0.6) is 17.2 Å². The number of nitrogens with zero attached hydrogens (tertiary/aromatic N) is 1. The fourth-order valence-corrected chi connectivity index (χ4v) is 3.06. The van der Waals surface area contributed by atoms with Crippen molar-refractivity contribution >= 4 is 16.8 Å². The molecule has 2 N–H and O–H groups in total. The number of benzene rings is 2. The molecule has 0 bridgehead atoms. The van der Waals surface area contributed by atoms with Gasteiger partial charge in [0, 0.05) is 23.1 Å². The topological polar surface area (TPSA) is 80.7 Å². The smallest absolute Gasteiger partial charge is 0.223 e. The predicted octanol–water partition coefficient (Wildman–Crippen LogP) is 3.82. The standard InChI is InChI=1S/C22H24N2O4/c1-13(2)22(26)24-19(15-8-10-17(27-3)18(12-15)28-4)16-9-7-14-6-5-11-23-20(14)21(16)25/h5-13,19,25H,1-4H3,(H,24,26)/t19-/m1/s1. The average molecular weight is 380 g/mol. The molecule has 0 aliphatic rings. The summed E-state index contributed by atoms with van der Waals surface area (Å²) in [5.74, 6) is 0.845. The summed E-state index contributed by atoms with van der Waals surface area (Å²) in [4.78, 5) is 16.8. The number of rotatable bonds is 6. The van der Waals surface area contributed by atoms with Crippen molar-refractivity contribution in [1.82, 2.24) is 10.3 Å². The normalized spacial score (nSPS) is 12.0. The number of hydrogen-bond acceptors (Lipinski definition) is 5. The summed E-state index contributed by atoms with van der Waals surface area (Å²) in [5, 5.41) is 14.7. The number of fused-ring (bicyclic) bond motifs is 1. The molecule has 146 valence electrons. The summed E-state index contributed by atoms with van der Waals surface area (Å²) in [7, 11) is 3.12. The predicted molar refractivity (Wildman–Crippen MR) is 108 cm³/mol. The summed E-state index contributed by atoms with van der Waals surface area (Å²) in [6.45, 7) is 3.64. The quantitative estimate of drug-likeness (QED) is 0.679. The number of aromatic nitrogens is 1.